The molecule has 0 saturated carbocycles. The number of rotatable bonds is 14. The Morgan fingerprint density at radius 2 is 1.44 bits per heavy atom. The molecule has 32 heavy (non-hydrogen) atoms. The molecule has 0 aliphatic carbocycles. The van der Waals surface area contributed by atoms with Gasteiger partial charge in [-0.3, -0.25) is 9.97 Å². The first-order chi connectivity index (χ1) is 15.1. The lowest BCUT2D eigenvalue weighted by Crippen LogP contribution is -2.44. The van der Waals surface area contributed by atoms with Crippen LogP contribution in [0.1, 0.15) is 52.4 Å². The van der Waals surface area contributed by atoms with Gasteiger partial charge in [-0.1, -0.05) is 27.0 Å². The van der Waals surface area contributed by atoms with Crippen LogP contribution in [-0.4, -0.2) is 49.4 Å². The van der Waals surface area contributed by atoms with E-state index < -0.39 is 46.8 Å². The molecule has 11 heteroatoms. The molecule has 1 aromatic rings. The van der Waals surface area contributed by atoms with Crippen LogP contribution in [0.3, 0.4) is 0 Å². The summed E-state index contributed by atoms with van der Waals surface area (Å²) in [5.41, 5.74) is -4.07. The highest BCUT2D eigenvalue weighted by Gasteiger charge is 2.34. The fourth-order valence-corrected chi connectivity index (χ4v) is 3.32. The van der Waals surface area contributed by atoms with E-state index in [-0.39, 0.29) is 32.2 Å². The summed E-state index contributed by atoms with van der Waals surface area (Å²) in [4.78, 5) is 62.1. The van der Waals surface area contributed by atoms with Gasteiger partial charge in [-0.25, -0.2) is 28.5 Å². The highest BCUT2D eigenvalue weighted by Crippen LogP contribution is 2.29. The molecular formula is C21H31N3O8. The minimum Gasteiger partial charge on any atom is -0.459 e. The van der Waals surface area contributed by atoms with Gasteiger partial charge >= 0.3 is 29.0 Å². The van der Waals surface area contributed by atoms with Crippen LogP contribution in [-0.2, 0) is 25.6 Å². The van der Waals surface area contributed by atoms with Crippen LogP contribution in [0.5, 0.6) is 0 Å². The number of aromatic amines is 2. The van der Waals surface area contributed by atoms with Gasteiger partial charge in [-0.05, 0) is 25.7 Å². The predicted molar refractivity (Wildman–Crippen MR) is 116 cm³/mol. The van der Waals surface area contributed by atoms with Crippen molar-refractivity contribution in [1.29, 1.82) is 0 Å². The molecule has 1 heterocycles. The normalized spacial score (nSPS) is 14.6. The van der Waals surface area contributed by atoms with Gasteiger partial charge in [0.25, 0.3) is 0 Å². The summed E-state index contributed by atoms with van der Waals surface area (Å²) < 4.78 is 11.4. The maximum atomic E-state index is 11.9. The molecule has 0 saturated heterocycles. The summed E-state index contributed by atoms with van der Waals surface area (Å²) in [5, 5.41) is 11.4. The van der Waals surface area contributed by atoms with Gasteiger partial charge < -0.3 is 14.6 Å². The van der Waals surface area contributed by atoms with Crippen LogP contribution in [0.15, 0.2) is 39.7 Å². The number of H-pyrrole nitrogens is 2. The molecule has 178 valence electrons. The Morgan fingerprint density at radius 3 is 1.81 bits per heavy atom. The second kappa shape index (κ2) is 12.6. The van der Waals surface area contributed by atoms with E-state index in [1.807, 2.05) is 9.97 Å². The van der Waals surface area contributed by atoms with Crippen molar-refractivity contribution in [3.05, 3.63) is 56.8 Å². The lowest BCUT2D eigenvalue weighted by molar-refractivity contribution is -0.151. The zero-order valence-corrected chi connectivity index (χ0v) is 18.4. The Labute approximate surface area is 184 Å². The van der Waals surface area contributed by atoms with Crippen LogP contribution < -0.4 is 17.1 Å². The first kappa shape index (κ1) is 26.8. The Morgan fingerprint density at radius 1 is 1.00 bits per heavy atom. The average Bonchev–Trinajstić information content (AvgIpc) is 2.74. The van der Waals surface area contributed by atoms with Crippen molar-refractivity contribution in [2.75, 3.05) is 0 Å². The van der Waals surface area contributed by atoms with Gasteiger partial charge in [0.2, 0.25) is 0 Å². The molecule has 0 aliphatic heterocycles. The van der Waals surface area contributed by atoms with E-state index in [0.29, 0.717) is 12.8 Å². The number of nitrogens with one attached hydrogen (secondary N) is 2. The molecule has 0 spiro atoms. The average molecular weight is 453 g/mol. The summed E-state index contributed by atoms with van der Waals surface area (Å²) in [5.74, 6) is -1.26. The van der Waals surface area contributed by atoms with Crippen molar-refractivity contribution < 1.29 is 24.2 Å². The first-order valence-corrected chi connectivity index (χ1v) is 10.4. The number of aliphatic hydroxyl groups is 1. The molecular weight excluding hydrogens is 422 g/mol. The third kappa shape index (κ3) is 8.50. The fraction of sp³-hybridized carbons (Fsp3) is 0.571. The molecule has 0 radical (unpaired) electrons. The molecule has 2 unspecified atom stereocenters. The summed E-state index contributed by atoms with van der Waals surface area (Å²) in [6.45, 7) is 10.2. The van der Waals surface area contributed by atoms with Crippen LogP contribution in [0.2, 0.25) is 0 Å². The van der Waals surface area contributed by atoms with Gasteiger partial charge in [0.1, 0.15) is 12.2 Å². The quantitative estimate of drug-likeness (QED) is 0.272. The minimum absolute atomic E-state index is 0.0437. The largest absolute Gasteiger partial charge is 0.459 e. The number of carbonyl (C=O) groups is 2. The number of aromatic nitrogens is 3. The van der Waals surface area contributed by atoms with Gasteiger partial charge in [0.05, 0.1) is 5.60 Å². The minimum atomic E-state index is -1.44. The molecule has 0 fully saturated rings. The van der Waals surface area contributed by atoms with Crippen molar-refractivity contribution in [2.24, 2.45) is 0 Å². The zero-order valence-electron chi connectivity index (χ0n) is 18.4. The molecule has 0 amide bonds. The molecule has 0 bridgehead atoms. The van der Waals surface area contributed by atoms with E-state index in [4.69, 9.17) is 9.47 Å². The Kier molecular flexibility index (Phi) is 10.6. The summed E-state index contributed by atoms with van der Waals surface area (Å²) in [6, 6.07) is 0. The summed E-state index contributed by atoms with van der Waals surface area (Å²) >= 11 is 0. The molecule has 1 aromatic heterocycles. The Bertz CT molecular complexity index is 908. The van der Waals surface area contributed by atoms with E-state index in [1.165, 1.54) is 0 Å². The second-order valence-corrected chi connectivity index (χ2v) is 7.42. The van der Waals surface area contributed by atoms with Gasteiger partial charge in [0.15, 0.2) is 0 Å². The third-order valence-electron chi connectivity index (χ3n) is 4.98. The van der Waals surface area contributed by atoms with Crippen molar-refractivity contribution in [2.45, 2.75) is 76.7 Å². The highest BCUT2D eigenvalue weighted by molar-refractivity contribution is 5.81. The number of hydrogen-bond donors (Lipinski definition) is 3. The van der Waals surface area contributed by atoms with Gasteiger partial charge in [-0.15, -0.1) is 0 Å². The number of nitrogens with zero attached hydrogens (tertiary/aromatic N) is 1. The molecule has 11 nitrogen and oxygen atoms in total. The van der Waals surface area contributed by atoms with Gasteiger partial charge in [0, 0.05) is 31.5 Å². The van der Waals surface area contributed by atoms with E-state index >= 15 is 0 Å². The molecule has 0 aliphatic rings. The van der Waals surface area contributed by atoms with E-state index in [2.05, 4.69) is 13.2 Å². The maximum Gasteiger partial charge on any atom is 0.333 e. The van der Waals surface area contributed by atoms with Crippen molar-refractivity contribution in [3.63, 3.8) is 0 Å². The molecule has 3 N–H and O–H groups in total. The van der Waals surface area contributed by atoms with E-state index in [0.717, 1.165) is 16.7 Å². The van der Waals surface area contributed by atoms with E-state index in [1.54, 1.807) is 13.8 Å². The maximum absolute atomic E-state index is 11.9. The monoisotopic (exact) mass is 453 g/mol. The predicted octanol–water partition coefficient (Wildman–Crippen LogP) is 0.532. The first-order valence-electron chi connectivity index (χ1n) is 10.4. The highest BCUT2D eigenvalue weighted by atomic mass is 16.5. The SMILES string of the molecule is C=CC(=O)OC(CC)CC(O)(CCCn1c(=O)[nH]c(=O)[nH]c1=O)CC(CC)OC(=O)C=C. The van der Waals surface area contributed by atoms with Crippen molar-refractivity contribution in [1.82, 2.24) is 14.5 Å². The van der Waals surface area contributed by atoms with Crippen LogP contribution in [0.25, 0.3) is 0 Å². The second-order valence-electron chi connectivity index (χ2n) is 7.42. The lowest BCUT2D eigenvalue weighted by atomic mass is 9.84. The molecule has 1 rings (SSSR count). The fourth-order valence-electron chi connectivity index (χ4n) is 3.32. The number of hydrogen-bond acceptors (Lipinski definition) is 8. The molecule has 0 aromatic carbocycles. The van der Waals surface area contributed by atoms with Crippen LogP contribution in [0, 0.1) is 0 Å². The van der Waals surface area contributed by atoms with Gasteiger partial charge in [-0.2, -0.15) is 0 Å². The topological polar surface area (TPSA) is 161 Å². The number of esters is 2. The lowest BCUT2D eigenvalue weighted by Gasteiger charge is -2.34. The Balaban J connectivity index is 3.05. The zero-order chi connectivity index (χ0) is 24.3. The number of carbonyl (C=O) groups excluding carboxylic acids is 2. The summed E-state index contributed by atoms with van der Waals surface area (Å²) in [6.07, 6.45) is 2.01. The Hall–Kier alpha value is -3.21. The van der Waals surface area contributed by atoms with E-state index in [9.17, 15) is 29.1 Å². The third-order valence-corrected chi connectivity index (χ3v) is 4.98. The molecule has 2 atom stereocenters. The van der Waals surface area contributed by atoms with Crippen LogP contribution >= 0.6 is 0 Å². The summed E-state index contributed by atoms with van der Waals surface area (Å²) in [7, 11) is 0. The number of ether oxygens (including phenoxy) is 2. The van der Waals surface area contributed by atoms with Crippen molar-refractivity contribution >= 4 is 11.9 Å². The van der Waals surface area contributed by atoms with Crippen molar-refractivity contribution in [3.8, 4) is 0 Å². The van der Waals surface area contributed by atoms with Crippen LogP contribution in [0.4, 0.5) is 0 Å². The standard InChI is InChI=1S/C21H31N3O8/c1-5-14(31-16(25)7-3)12-21(30,13-15(6-2)32-17(26)8-4)10-9-11-24-19(28)22-18(27)23-20(24)29/h7-8,14-15,30H,3-6,9-13H2,1-2H3,(H2,22,23,27,28,29). The smallest absolute Gasteiger partial charge is 0.333 e.